The van der Waals surface area contributed by atoms with Crippen LogP contribution in [0, 0.1) is 0 Å². The molecule has 0 unspecified atom stereocenters. The van der Waals surface area contributed by atoms with Crippen molar-refractivity contribution in [1.82, 2.24) is 4.98 Å². The molecule has 0 saturated heterocycles. The third kappa shape index (κ3) is 2.92. The van der Waals surface area contributed by atoms with E-state index in [9.17, 15) is 4.79 Å². The summed E-state index contributed by atoms with van der Waals surface area (Å²) in [5, 5.41) is 4.34. The van der Waals surface area contributed by atoms with Crippen LogP contribution < -0.4 is 10.1 Å². The van der Waals surface area contributed by atoms with E-state index < -0.39 is 0 Å². The van der Waals surface area contributed by atoms with Gasteiger partial charge in [-0.25, -0.2) is 0 Å². The second-order valence-corrected chi connectivity index (χ2v) is 5.21. The van der Waals surface area contributed by atoms with Gasteiger partial charge in [0, 0.05) is 11.1 Å². The molecule has 0 aliphatic rings. The van der Waals surface area contributed by atoms with E-state index in [4.69, 9.17) is 16.3 Å². The number of para-hydroxylation sites is 1. The van der Waals surface area contributed by atoms with E-state index in [-0.39, 0.29) is 5.91 Å². The SMILES string of the molecule is CCOc1ccc(NC(=O)c2cc3cccc(Cl)c3[nH]2)cc1. The summed E-state index contributed by atoms with van der Waals surface area (Å²) < 4.78 is 5.37. The van der Waals surface area contributed by atoms with Crippen LogP contribution in [-0.2, 0) is 0 Å². The van der Waals surface area contributed by atoms with Gasteiger partial charge in [0.25, 0.3) is 5.91 Å². The number of halogens is 1. The van der Waals surface area contributed by atoms with Gasteiger partial charge in [0.15, 0.2) is 0 Å². The highest BCUT2D eigenvalue weighted by Crippen LogP contribution is 2.24. The Labute approximate surface area is 133 Å². The number of fused-ring (bicyclic) bond motifs is 1. The summed E-state index contributed by atoms with van der Waals surface area (Å²) in [5.74, 6) is 0.564. The molecule has 4 nitrogen and oxygen atoms in total. The standard InChI is InChI=1S/C17H15ClN2O2/c1-2-22-13-8-6-12(7-9-13)19-17(21)15-10-11-4-3-5-14(18)16(11)20-15/h3-10,20H,2H2,1H3,(H,19,21). The van der Waals surface area contributed by atoms with E-state index in [0.717, 1.165) is 16.7 Å². The van der Waals surface area contributed by atoms with Crippen LogP contribution in [-0.4, -0.2) is 17.5 Å². The summed E-state index contributed by atoms with van der Waals surface area (Å²) in [6.07, 6.45) is 0. The molecule has 1 aromatic heterocycles. The van der Waals surface area contributed by atoms with Crippen LogP contribution in [0.5, 0.6) is 5.75 Å². The van der Waals surface area contributed by atoms with E-state index in [0.29, 0.717) is 23.0 Å². The zero-order valence-electron chi connectivity index (χ0n) is 12.0. The number of H-pyrrole nitrogens is 1. The monoisotopic (exact) mass is 314 g/mol. The van der Waals surface area contributed by atoms with E-state index in [1.165, 1.54) is 0 Å². The zero-order chi connectivity index (χ0) is 15.5. The summed E-state index contributed by atoms with van der Waals surface area (Å²) in [5.41, 5.74) is 1.94. The summed E-state index contributed by atoms with van der Waals surface area (Å²) >= 11 is 6.11. The lowest BCUT2D eigenvalue weighted by atomic mass is 10.2. The second kappa shape index (κ2) is 6.12. The maximum atomic E-state index is 12.3. The molecule has 0 saturated carbocycles. The molecule has 22 heavy (non-hydrogen) atoms. The molecule has 5 heteroatoms. The average molecular weight is 315 g/mol. The van der Waals surface area contributed by atoms with Crippen LogP contribution in [0.25, 0.3) is 10.9 Å². The third-order valence-electron chi connectivity index (χ3n) is 3.27. The molecule has 0 aliphatic carbocycles. The number of carbonyl (C=O) groups excluding carboxylic acids is 1. The summed E-state index contributed by atoms with van der Waals surface area (Å²) in [7, 11) is 0. The highest BCUT2D eigenvalue weighted by Gasteiger charge is 2.11. The number of rotatable bonds is 4. The zero-order valence-corrected chi connectivity index (χ0v) is 12.8. The summed E-state index contributed by atoms with van der Waals surface area (Å²) in [6, 6.07) is 14.6. The van der Waals surface area contributed by atoms with Gasteiger partial charge >= 0.3 is 0 Å². The molecular weight excluding hydrogens is 300 g/mol. The fourth-order valence-corrected chi connectivity index (χ4v) is 2.47. The predicted octanol–water partition coefficient (Wildman–Crippen LogP) is 4.47. The summed E-state index contributed by atoms with van der Waals surface area (Å²) in [4.78, 5) is 15.3. The minimum atomic E-state index is -0.212. The lowest BCUT2D eigenvalue weighted by molar-refractivity contribution is 0.102. The van der Waals surface area contributed by atoms with Crippen molar-refractivity contribution in [2.75, 3.05) is 11.9 Å². The Morgan fingerprint density at radius 1 is 1.23 bits per heavy atom. The number of benzene rings is 2. The maximum Gasteiger partial charge on any atom is 0.272 e. The molecule has 3 rings (SSSR count). The summed E-state index contributed by atoms with van der Waals surface area (Å²) in [6.45, 7) is 2.54. The van der Waals surface area contributed by atoms with E-state index in [1.807, 2.05) is 31.2 Å². The average Bonchev–Trinajstić information content (AvgIpc) is 2.95. The van der Waals surface area contributed by atoms with Crippen molar-refractivity contribution in [2.45, 2.75) is 6.92 Å². The smallest absolute Gasteiger partial charge is 0.272 e. The van der Waals surface area contributed by atoms with E-state index >= 15 is 0 Å². The lowest BCUT2D eigenvalue weighted by Gasteiger charge is -2.06. The first kappa shape index (κ1) is 14.5. The van der Waals surface area contributed by atoms with Crippen LogP contribution in [0.1, 0.15) is 17.4 Å². The number of aromatic amines is 1. The third-order valence-corrected chi connectivity index (χ3v) is 3.59. The Balaban J connectivity index is 1.79. The lowest BCUT2D eigenvalue weighted by Crippen LogP contribution is -2.12. The quantitative estimate of drug-likeness (QED) is 0.746. The van der Waals surface area contributed by atoms with Crippen LogP contribution in [0.15, 0.2) is 48.5 Å². The van der Waals surface area contributed by atoms with Crippen molar-refractivity contribution in [3.8, 4) is 5.75 Å². The first-order valence-corrected chi connectivity index (χ1v) is 7.36. The normalized spacial score (nSPS) is 10.6. The molecule has 0 spiro atoms. The Bertz CT molecular complexity index is 809. The van der Waals surface area contributed by atoms with Gasteiger partial charge in [-0.2, -0.15) is 0 Å². The second-order valence-electron chi connectivity index (χ2n) is 4.80. The molecule has 0 radical (unpaired) electrons. The number of hydrogen-bond donors (Lipinski definition) is 2. The van der Waals surface area contributed by atoms with Gasteiger partial charge in [-0.1, -0.05) is 23.7 Å². The van der Waals surface area contributed by atoms with Gasteiger partial charge in [-0.3, -0.25) is 4.79 Å². The largest absolute Gasteiger partial charge is 0.494 e. The maximum absolute atomic E-state index is 12.3. The highest BCUT2D eigenvalue weighted by molar-refractivity contribution is 6.35. The molecular formula is C17H15ClN2O2. The fourth-order valence-electron chi connectivity index (χ4n) is 2.24. The van der Waals surface area contributed by atoms with Crippen LogP contribution >= 0.6 is 11.6 Å². The Morgan fingerprint density at radius 2 is 2.00 bits per heavy atom. The van der Waals surface area contributed by atoms with Crippen molar-refractivity contribution in [3.63, 3.8) is 0 Å². The number of amides is 1. The number of carbonyl (C=O) groups is 1. The topological polar surface area (TPSA) is 54.1 Å². The molecule has 0 fully saturated rings. The van der Waals surface area contributed by atoms with Gasteiger partial charge in [0.1, 0.15) is 11.4 Å². The molecule has 0 aliphatic heterocycles. The van der Waals surface area contributed by atoms with Gasteiger partial charge in [-0.05, 0) is 43.3 Å². The van der Waals surface area contributed by atoms with Crippen molar-refractivity contribution < 1.29 is 9.53 Å². The molecule has 2 aromatic carbocycles. The molecule has 0 atom stereocenters. The van der Waals surface area contributed by atoms with Gasteiger partial charge < -0.3 is 15.0 Å². The first-order chi connectivity index (χ1) is 10.7. The van der Waals surface area contributed by atoms with Crippen molar-refractivity contribution in [1.29, 1.82) is 0 Å². The molecule has 1 heterocycles. The fraction of sp³-hybridized carbons (Fsp3) is 0.118. The molecule has 2 N–H and O–H groups in total. The number of anilines is 1. The van der Waals surface area contributed by atoms with Crippen molar-refractivity contribution in [3.05, 3.63) is 59.2 Å². The van der Waals surface area contributed by atoms with Gasteiger partial charge in [-0.15, -0.1) is 0 Å². The highest BCUT2D eigenvalue weighted by atomic mass is 35.5. The minimum absolute atomic E-state index is 0.212. The van der Waals surface area contributed by atoms with Gasteiger partial charge in [0.2, 0.25) is 0 Å². The predicted molar refractivity (Wildman–Crippen MR) is 88.9 cm³/mol. The molecule has 0 bridgehead atoms. The van der Waals surface area contributed by atoms with Crippen LogP contribution in [0.4, 0.5) is 5.69 Å². The van der Waals surface area contributed by atoms with E-state index in [2.05, 4.69) is 10.3 Å². The number of aromatic nitrogens is 1. The van der Waals surface area contributed by atoms with Crippen LogP contribution in [0.3, 0.4) is 0 Å². The van der Waals surface area contributed by atoms with Crippen LogP contribution in [0.2, 0.25) is 5.02 Å². The molecule has 112 valence electrons. The van der Waals surface area contributed by atoms with E-state index in [1.54, 1.807) is 24.3 Å². The Morgan fingerprint density at radius 3 is 2.68 bits per heavy atom. The van der Waals surface area contributed by atoms with Crippen molar-refractivity contribution >= 4 is 34.1 Å². The number of nitrogens with one attached hydrogen (secondary N) is 2. The number of ether oxygens (including phenoxy) is 1. The number of hydrogen-bond acceptors (Lipinski definition) is 2. The molecule has 1 amide bonds. The minimum Gasteiger partial charge on any atom is -0.494 e. The Kier molecular flexibility index (Phi) is 4.02. The first-order valence-electron chi connectivity index (χ1n) is 6.99. The van der Waals surface area contributed by atoms with Gasteiger partial charge in [0.05, 0.1) is 17.1 Å². The molecule has 3 aromatic rings. The van der Waals surface area contributed by atoms with Crippen molar-refractivity contribution in [2.24, 2.45) is 0 Å². The Hall–Kier alpha value is -2.46.